The lowest BCUT2D eigenvalue weighted by atomic mass is 10.0. The molecule has 1 saturated heterocycles. The van der Waals surface area contributed by atoms with Gasteiger partial charge in [-0.2, -0.15) is 0 Å². The first kappa shape index (κ1) is 18.6. The summed E-state index contributed by atoms with van der Waals surface area (Å²) in [4.78, 5) is 37.2. The fourth-order valence-corrected chi connectivity index (χ4v) is 3.44. The molecule has 7 nitrogen and oxygen atoms in total. The van der Waals surface area contributed by atoms with Crippen molar-refractivity contribution in [2.45, 2.75) is 25.3 Å². The summed E-state index contributed by atoms with van der Waals surface area (Å²) in [5, 5.41) is 11.2. The molecule has 1 heterocycles. The summed E-state index contributed by atoms with van der Waals surface area (Å²) >= 11 is 0. The highest BCUT2D eigenvalue weighted by atomic mass is 16.6. The van der Waals surface area contributed by atoms with Crippen molar-refractivity contribution in [1.29, 1.82) is 0 Å². The van der Waals surface area contributed by atoms with Gasteiger partial charge in [0.2, 0.25) is 0 Å². The number of nitro benzene ring substituents is 1. The molecule has 0 bridgehead atoms. The molecule has 7 heteroatoms. The van der Waals surface area contributed by atoms with Crippen LogP contribution in [0.25, 0.3) is 0 Å². The minimum Gasteiger partial charge on any atom is -0.465 e. The molecule has 2 aromatic carbocycles. The van der Waals surface area contributed by atoms with E-state index in [-0.39, 0.29) is 28.8 Å². The maximum atomic E-state index is 13.0. The standard InChI is InChI=1S/C20H20N2O5/c1-27-20(24)16-11-15(12-18(13-16)22(25)26)19(23)21-9-5-8-17(21)10-14-6-3-2-4-7-14/h2-4,6-7,11-13,17H,5,8-10H2,1H3. The van der Waals surface area contributed by atoms with Gasteiger partial charge in [-0.3, -0.25) is 14.9 Å². The van der Waals surface area contributed by atoms with E-state index in [9.17, 15) is 19.7 Å². The Labute approximate surface area is 156 Å². The lowest BCUT2D eigenvalue weighted by Gasteiger charge is -2.25. The number of hydrogen-bond donors (Lipinski definition) is 0. The van der Waals surface area contributed by atoms with E-state index in [0.29, 0.717) is 6.54 Å². The molecule has 1 fully saturated rings. The Bertz CT molecular complexity index is 866. The quantitative estimate of drug-likeness (QED) is 0.459. The van der Waals surface area contributed by atoms with Crippen LogP contribution in [-0.2, 0) is 11.2 Å². The summed E-state index contributed by atoms with van der Waals surface area (Å²) < 4.78 is 4.64. The van der Waals surface area contributed by atoms with Crippen LogP contribution in [0.5, 0.6) is 0 Å². The third-order valence-electron chi connectivity index (χ3n) is 4.75. The van der Waals surface area contributed by atoms with Gasteiger partial charge in [-0.1, -0.05) is 30.3 Å². The minimum absolute atomic E-state index is 0.00569. The first-order chi connectivity index (χ1) is 13.0. The third-order valence-corrected chi connectivity index (χ3v) is 4.75. The zero-order valence-electron chi connectivity index (χ0n) is 15.0. The number of rotatable bonds is 5. The fourth-order valence-electron chi connectivity index (χ4n) is 3.44. The van der Waals surface area contributed by atoms with E-state index >= 15 is 0 Å². The van der Waals surface area contributed by atoms with Crippen LogP contribution in [0.15, 0.2) is 48.5 Å². The summed E-state index contributed by atoms with van der Waals surface area (Å²) in [6.45, 7) is 0.590. The molecule has 1 amide bonds. The number of non-ortho nitro benzene ring substituents is 1. The number of ether oxygens (including phenoxy) is 1. The van der Waals surface area contributed by atoms with Gasteiger partial charge >= 0.3 is 5.97 Å². The first-order valence-electron chi connectivity index (χ1n) is 8.72. The van der Waals surface area contributed by atoms with E-state index in [1.807, 2.05) is 30.3 Å². The second-order valence-corrected chi connectivity index (χ2v) is 6.50. The molecule has 1 unspecified atom stereocenters. The number of benzene rings is 2. The molecule has 3 rings (SSSR count). The Morgan fingerprint density at radius 2 is 1.89 bits per heavy atom. The maximum Gasteiger partial charge on any atom is 0.338 e. The molecule has 0 radical (unpaired) electrons. The van der Waals surface area contributed by atoms with Gasteiger partial charge in [0.05, 0.1) is 17.6 Å². The van der Waals surface area contributed by atoms with E-state index in [2.05, 4.69) is 4.74 Å². The number of carbonyl (C=O) groups excluding carboxylic acids is 2. The highest BCUT2D eigenvalue weighted by Gasteiger charge is 2.31. The Morgan fingerprint density at radius 1 is 1.19 bits per heavy atom. The van der Waals surface area contributed by atoms with E-state index < -0.39 is 10.9 Å². The van der Waals surface area contributed by atoms with Gasteiger partial charge in [0.25, 0.3) is 11.6 Å². The average molecular weight is 368 g/mol. The Kier molecular flexibility index (Phi) is 5.49. The second-order valence-electron chi connectivity index (χ2n) is 6.50. The van der Waals surface area contributed by atoms with Crippen molar-refractivity contribution in [2.75, 3.05) is 13.7 Å². The first-order valence-corrected chi connectivity index (χ1v) is 8.72. The highest BCUT2D eigenvalue weighted by molar-refractivity contribution is 5.99. The Hall–Kier alpha value is -3.22. The average Bonchev–Trinajstić information content (AvgIpc) is 3.15. The molecule has 2 aromatic rings. The second kappa shape index (κ2) is 7.99. The predicted molar refractivity (Wildman–Crippen MR) is 98.6 cm³/mol. The summed E-state index contributed by atoms with van der Waals surface area (Å²) in [7, 11) is 1.19. The third kappa shape index (κ3) is 4.13. The van der Waals surface area contributed by atoms with Crippen LogP contribution >= 0.6 is 0 Å². The molecule has 140 valence electrons. The van der Waals surface area contributed by atoms with Gasteiger partial charge in [0, 0.05) is 30.3 Å². The summed E-state index contributed by atoms with van der Waals surface area (Å²) in [6, 6.07) is 13.6. The smallest absolute Gasteiger partial charge is 0.338 e. The summed E-state index contributed by atoms with van der Waals surface area (Å²) in [5.41, 5.74) is 0.954. The van der Waals surface area contributed by atoms with Crippen molar-refractivity contribution in [3.63, 3.8) is 0 Å². The number of amides is 1. The molecule has 1 aliphatic heterocycles. The largest absolute Gasteiger partial charge is 0.465 e. The predicted octanol–water partition coefficient (Wildman–Crippen LogP) is 3.23. The van der Waals surface area contributed by atoms with E-state index in [1.165, 1.54) is 19.2 Å². The summed E-state index contributed by atoms with van der Waals surface area (Å²) in [5.74, 6) is -1.02. The van der Waals surface area contributed by atoms with E-state index in [4.69, 9.17) is 0 Å². The van der Waals surface area contributed by atoms with Crippen molar-refractivity contribution in [1.82, 2.24) is 4.90 Å². The van der Waals surface area contributed by atoms with Gasteiger partial charge < -0.3 is 9.64 Å². The van der Waals surface area contributed by atoms with Crippen LogP contribution in [0.2, 0.25) is 0 Å². The SMILES string of the molecule is COC(=O)c1cc(C(=O)N2CCCC2Cc2ccccc2)cc([N+](=O)[O-])c1. The zero-order chi connectivity index (χ0) is 19.4. The number of esters is 1. The monoisotopic (exact) mass is 368 g/mol. The van der Waals surface area contributed by atoms with Gasteiger partial charge in [-0.15, -0.1) is 0 Å². The molecule has 0 spiro atoms. The van der Waals surface area contributed by atoms with Crippen molar-refractivity contribution in [3.05, 3.63) is 75.3 Å². The van der Waals surface area contributed by atoms with Crippen LogP contribution in [0.3, 0.4) is 0 Å². The number of likely N-dealkylation sites (tertiary alicyclic amines) is 1. The molecule has 0 N–H and O–H groups in total. The number of carbonyl (C=O) groups is 2. The van der Waals surface area contributed by atoms with Gasteiger partial charge in [-0.25, -0.2) is 4.79 Å². The highest BCUT2D eigenvalue weighted by Crippen LogP contribution is 2.26. The van der Waals surface area contributed by atoms with Crippen molar-refractivity contribution >= 4 is 17.6 Å². The van der Waals surface area contributed by atoms with E-state index in [0.717, 1.165) is 30.9 Å². The van der Waals surface area contributed by atoms with Gasteiger partial charge in [-0.05, 0) is 30.9 Å². The number of hydrogen-bond acceptors (Lipinski definition) is 5. The van der Waals surface area contributed by atoms with Gasteiger partial charge in [0.1, 0.15) is 0 Å². The van der Waals surface area contributed by atoms with Crippen molar-refractivity contribution < 1.29 is 19.2 Å². The van der Waals surface area contributed by atoms with Crippen molar-refractivity contribution in [3.8, 4) is 0 Å². The zero-order valence-corrected chi connectivity index (χ0v) is 15.0. The number of methoxy groups -OCH3 is 1. The fraction of sp³-hybridized carbons (Fsp3) is 0.300. The molecular formula is C20H20N2O5. The van der Waals surface area contributed by atoms with E-state index in [1.54, 1.807) is 4.90 Å². The lowest BCUT2D eigenvalue weighted by Crippen LogP contribution is -2.37. The molecule has 1 aliphatic rings. The molecule has 1 atom stereocenters. The van der Waals surface area contributed by atoms with Crippen LogP contribution in [0.4, 0.5) is 5.69 Å². The molecule has 0 aliphatic carbocycles. The number of nitrogens with zero attached hydrogens (tertiary/aromatic N) is 2. The van der Waals surface area contributed by atoms with Gasteiger partial charge in [0.15, 0.2) is 0 Å². The topological polar surface area (TPSA) is 89.8 Å². The van der Waals surface area contributed by atoms with Crippen LogP contribution in [-0.4, -0.2) is 41.4 Å². The van der Waals surface area contributed by atoms with Crippen molar-refractivity contribution in [2.24, 2.45) is 0 Å². The Morgan fingerprint density at radius 3 is 2.56 bits per heavy atom. The summed E-state index contributed by atoms with van der Waals surface area (Å²) in [6.07, 6.45) is 2.48. The molecular weight excluding hydrogens is 348 g/mol. The Balaban J connectivity index is 1.88. The maximum absolute atomic E-state index is 13.0. The normalized spacial score (nSPS) is 16.2. The van der Waals surface area contributed by atoms with Crippen LogP contribution in [0.1, 0.15) is 39.1 Å². The van der Waals surface area contributed by atoms with Crippen LogP contribution < -0.4 is 0 Å². The molecule has 27 heavy (non-hydrogen) atoms. The minimum atomic E-state index is -0.713. The number of nitro groups is 1. The van der Waals surface area contributed by atoms with Crippen LogP contribution in [0, 0.1) is 10.1 Å². The molecule has 0 aromatic heterocycles. The lowest BCUT2D eigenvalue weighted by molar-refractivity contribution is -0.384. The molecule has 0 saturated carbocycles.